The summed E-state index contributed by atoms with van der Waals surface area (Å²) >= 11 is 0. The molecule has 2 rings (SSSR count). The third-order valence-electron chi connectivity index (χ3n) is 2.70. The van der Waals surface area contributed by atoms with E-state index in [-0.39, 0.29) is 12.5 Å². The van der Waals surface area contributed by atoms with Gasteiger partial charge in [0.25, 0.3) is 5.91 Å². The zero-order valence-corrected chi connectivity index (χ0v) is 10.9. The van der Waals surface area contributed by atoms with Crippen LogP contribution in [0.15, 0.2) is 54.6 Å². The Kier molecular flexibility index (Phi) is 4.56. The van der Waals surface area contributed by atoms with E-state index in [0.717, 1.165) is 16.9 Å². The highest BCUT2D eigenvalue weighted by atomic mass is 16.5. The lowest BCUT2D eigenvalue weighted by atomic mass is 10.1. The third-order valence-corrected chi connectivity index (χ3v) is 2.70. The number of para-hydroxylation sites is 1. The molecule has 0 heterocycles. The molecule has 0 aliphatic heterocycles. The van der Waals surface area contributed by atoms with Crippen molar-refractivity contribution in [3.8, 4) is 16.9 Å². The lowest BCUT2D eigenvalue weighted by Gasteiger charge is -2.11. The number of ether oxygens (including phenoxy) is 1. The molecular formula is C16H17NO2. The van der Waals surface area contributed by atoms with Crippen LogP contribution in [0.3, 0.4) is 0 Å². The molecule has 2 aromatic carbocycles. The van der Waals surface area contributed by atoms with E-state index in [2.05, 4.69) is 5.32 Å². The van der Waals surface area contributed by atoms with E-state index in [0.29, 0.717) is 6.54 Å². The summed E-state index contributed by atoms with van der Waals surface area (Å²) in [5, 5.41) is 2.71. The Labute approximate surface area is 113 Å². The van der Waals surface area contributed by atoms with Crippen LogP contribution in [0.25, 0.3) is 11.1 Å². The van der Waals surface area contributed by atoms with Crippen molar-refractivity contribution in [1.29, 1.82) is 0 Å². The van der Waals surface area contributed by atoms with E-state index in [1.165, 1.54) is 0 Å². The zero-order valence-electron chi connectivity index (χ0n) is 10.9. The van der Waals surface area contributed by atoms with Crippen LogP contribution < -0.4 is 10.1 Å². The van der Waals surface area contributed by atoms with E-state index < -0.39 is 0 Å². The summed E-state index contributed by atoms with van der Waals surface area (Å²) in [6.45, 7) is 2.54. The summed E-state index contributed by atoms with van der Waals surface area (Å²) in [6, 6.07) is 17.7. The van der Waals surface area contributed by atoms with Gasteiger partial charge in [0.2, 0.25) is 0 Å². The molecule has 0 aliphatic rings. The summed E-state index contributed by atoms with van der Waals surface area (Å²) in [7, 11) is 0. The van der Waals surface area contributed by atoms with Crippen LogP contribution in [0, 0.1) is 0 Å². The fourth-order valence-corrected chi connectivity index (χ4v) is 1.84. The van der Waals surface area contributed by atoms with Crippen molar-refractivity contribution < 1.29 is 9.53 Å². The lowest BCUT2D eigenvalue weighted by Crippen LogP contribution is -2.28. The molecule has 1 amide bonds. The van der Waals surface area contributed by atoms with E-state index in [1.54, 1.807) is 0 Å². The van der Waals surface area contributed by atoms with Crippen molar-refractivity contribution in [2.24, 2.45) is 0 Å². The maximum atomic E-state index is 11.4. The van der Waals surface area contributed by atoms with E-state index in [9.17, 15) is 4.79 Å². The molecule has 0 aromatic heterocycles. The van der Waals surface area contributed by atoms with Gasteiger partial charge < -0.3 is 10.1 Å². The summed E-state index contributed by atoms with van der Waals surface area (Å²) in [4.78, 5) is 11.4. The monoisotopic (exact) mass is 255 g/mol. The predicted molar refractivity (Wildman–Crippen MR) is 76.1 cm³/mol. The van der Waals surface area contributed by atoms with Crippen molar-refractivity contribution in [1.82, 2.24) is 5.32 Å². The number of rotatable bonds is 5. The summed E-state index contributed by atoms with van der Waals surface area (Å²) < 4.78 is 5.59. The Morgan fingerprint density at radius 3 is 2.47 bits per heavy atom. The highest BCUT2D eigenvalue weighted by molar-refractivity contribution is 5.78. The molecule has 19 heavy (non-hydrogen) atoms. The Morgan fingerprint density at radius 2 is 1.74 bits per heavy atom. The smallest absolute Gasteiger partial charge is 0.257 e. The third kappa shape index (κ3) is 3.58. The molecule has 0 saturated carbocycles. The van der Waals surface area contributed by atoms with Crippen LogP contribution in [-0.4, -0.2) is 19.1 Å². The molecule has 3 heteroatoms. The number of hydrogen-bond acceptors (Lipinski definition) is 2. The number of nitrogens with one attached hydrogen (secondary N) is 1. The number of carbonyl (C=O) groups is 1. The van der Waals surface area contributed by atoms with Crippen molar-refractivity contribution in [3.05, 3.63) is 54.6 Å². The molecular weight excluding hydrogens is 238 g/mol. The SMILES string of the molecule is CCNC(=O)COc1ccccc1-c1ccccc1. The molecule has 0 unspecified atom stereocenters. The summed E-state index contributed by atoms with van der Waals surface area (Å²) in [5.74, 6) is 0.616. The molecule has 0 fully saturated rings. The van der Waals surface area contributed by atoms with Crippen LogP contribution in [0.2, 0.25) is 0 Å². The number of amides is 1. The normalized spacial score (nSPS) is 9.95. The van der Waals surface area contributed by atoms with Crippen LogP contribution in [-0.2, 0) is 4.79 Å². The van der Waals surface area contributed by atoms with Crippen LogP contribution in [0.4, 0.5) is 0 Å². The van der Waals surface area contributed by atoms with E-state index >= 15 is 0 Å². The highest BCUT2D eigenvalue weighted by Crippen LogP contribution is 2.29. The molecule has 0 radical (unpaired) electrons. The second-order valence-electron chi connectivity index (χ2n) is 4.10. The quantitative estimate of drug-likeness (QED) is 0.892. The molecule has 3 nitrogen and oxygen atoms in total. The summed E-state index contributed by atoms with van der Waals surface area (Å²) in [5.41, 5.74) is 2.07. The van der Waals surface area contributed by atoms with Gasteiger partial charge in [-0.1, -0.05) is 48.5 Å². The van der Waals surface area contributed by atoms with E-state index in [4.69, 9.17) is 4.74 Å². The predicted octanol–water partition coefficient (Wildman–Crippen LogP) is 2.87. The standard InChI is InChI=1S/C16H17NO2/c1-2-17-16(18)12-19-15-11-7-6-10-14(15)13-8-4-3-5-9-13/h3-11H,2,12H2,1H3,(H,17,18). The maximum absolute atomic E-state index is 11.4. The number of carbonyl (C=O) groups excluding carboxylic acids is 1. The molecule has 0 atom stereocenters. The Hall–Kier alpha value is -2.29. The minimum absolute atomic E-state index is 0.0394. The van der Waals surface area contributed by atoms with E-state index in [1.807, 2.05) is 61.5 Å². The van der Waals surface area contributed by atoms with Gasteiger partial charge in [0.1, 0.15) is 5.75 Å². The Bertz CT molecular complexity index is 537. The molecule has 0 saturated heterocycles. The van der Waals surface area contributed by atoms with Crippen molar-refractivity contribution >= 4 is 5.91 Å². The molecule has 0 spiro atoms. The van der Waals surface area contributed by atoms with Gasteiger partial charge in [0, 0.05) is 12.1 Å². The first-order valence-electron chi connectivity index (χ1n) is 6.35. The molecule has 98 valence electrons. The molecule has 2 aromatic rings. The van der Waals surface area contributed by atoms with Crippen molar-refractivity contribution in [3.63, 3.8) is 0 Å². The van der Waals surface area contributed by atoms with Crippen LogP contribution in [0.5, 0.6) is 5.75 Å². The fraction of sp³-hybridized carbons (Fsp3) is 0.188. The fourth-order valence-electron chi connectivity index (χ4n) is 1.84. The average Bonchev–Trinajstić information content (AvgIpc) is 2.47. The number of hydrogen-bond donors (Lipinski definition) is 1. The zero-order chi connectivity index (χ0) is 13.5. The lowest BCUT2D eigenvalue weighted by molar-refractivity contribution is -0.122. The maximum Gasteiger partial charge on any atom is 0.257 e. The number of benzene rings is 2. The second kappa shape index (κ2) is 6.59. The molecule has 1 N–H and O–H groups in total. The summed E-state index contributed by atoms with van der Waals surface area (Å²) in [6.07, 6.45) is 0. The first-order chi connectivity index (χ1) is 9.31. The molecule has 0 bridgehead atoms. The van der Waals surface area contributed by atoms with Gasteiger partial charge >= 0.3 is 0 Å². The second-order valence-corrected chi connectivity index (χ2v) is 4.10. The van der Waals surface area contributed by atoms with Gasteiger partial charge in [-0.3, -0.25) is 4.79 Å². The van der Waals surface area contributed by atoms with Crippen molar-refractivity contribution in [2.75, 3.05) is 13.2 Å². The van der Waals surface area contributed by atoms with Gasteiger partial charge in [0.05, 0.1) is 0 Å². The number of likely N-dealkylation sites (N-methyl/N-ethyl adjacent to an activating group) is 1. The van der Waals surface area contributed by atoms with Crippen LogP contribution >= 0.6 is 0 Å². The minimum atomic E-state index is -0.106. The van der Waals surface area contributed by atoms with Gasteiger partial charge in [-0.25, -0.2) is 0 Å². The highest BCUT2D eigenvalue weighted by Gasteiger charge is 2.07. The van der Waals surface area contributed by atoms with Gasteiger partial charge in [-0.2, -0.15) is 0 Å². The van der Waals surface area contributed by atoms with Gasteiger partial charge in [-0.05, 0) is 18.6 Å². The van der Waals surface area contributed by atoms with Gasteiger partial charge in [0.15, 0.2) is 6.61 Å². The average molecular weight is 255 g/mol. The largest absolute Gasteiger partial charge is 0.483 e. The first kappa shape index (κ1) is 13.1. The van der Waals surface area contributed by atoms with Crippen LogP contribution in [0.1, 0.15) is 6.92 Å². The Morgan fingerprint density at radius 1 is 1.05 bits per heavy atom. The molecule has 0 aliphatic carbocycles. The topological polar surface area (TPSA) is 38.3 Å². The van der Waals surface area contributed by atoms with Crippen molar-refractivity contribution in [2.45, 2.75) is 6.92 Å². The Balaban J connectivity index is 2.15. The first-order valence-corrected chi connectivity index (χ1v) is 6.35. The minimum Gasteiger partial charge on any atom is -0.483 e. The van der Waals surface area contributed by atoms with Gasteiger partial charge in [-0.15, -0.1) is 0 Å².